The first kappa shape index (κ1) is 18.9. The average molecular weight is 342 g/mol. The molecule has 136 valence electrons. The van der Waals surface area contributed by atoms with Crippen LogP contribution in [-0.2, 0) is 14.2 Å². The molecule has 0 saturated carbocycles. The number of hydrogen-bond acceptors (Lipinski definition) is 11. The topological polar surface area (TPSA) is 190 Å². The molecule has 0 bridgehead atoms. The molecule has 0 spiro atoms. The number of aliphatic hydroxyl groups is 8. The number of rotatable bonds is 4. The number of aliphatic hydroxyl groups excluding tert-OH is 8. The zero-order valence-electron chi connectivity index (χ0n) is 12.0. The van der Waals surface area contributed by atoms with Crippen LogP contribution < -0.4 is 0 Å². The largest absolute Gasteiger partial charge is 0.394 e. The molecule has 11 heteroatoms. The third kappa shape index (κ3) is 3.65. The molecule has 0 aromatic rings. The molecule has 11 nitrogen and oxygen atoms in total. The van der Waals surface area contributed by atoms with Gasteiger partial charge in [0, 0.05) is 0 Å². The maximum absolute atomic E-state index is 9.84. The Balaban J connectivity index is 2.07. The Morgan fingerprint density at radius 2 is 0.913 bits per heavy atom. The lowest BCUT2D eigenvalue weighted by Crippen LogP contribution is -2.63. The van der Waals surface area contributed by atoms with Crippen LogP contribution >= 0.6 is 0 Å². The molecule has 0 aliphatic carbocycles. The van der Waals surface area contributed by atoms with Crippen LogP contribution in [0, 0.1) is 0 Å². The number of hydrogen-bond donors (Lipinski definition) is 8. The van der Waals surface area contributed by atoms with Crippen molar-refractivity contribution in [3.63, 3.8) is 0 Å². The van der Waals surface area contributed by atoms with E-state index in [9.17, 15) is 30.6 Å². The van der Waals surface area contributed by atoms with Crippen molar-refractivity contribution in [3.8, 4) is 0 Å². The summed E-state index contributed by atoms with van der Waals surface area (Å²) < 4.78 is 15.3. The third-order valence-corrected chi connectivity index (χ3v) is 3.97. The molecule has 5 unspecified atom stereocenters. The van der Waals surface area contributed by atoms with Crippen LogP contribution in [0.1, 0.15) is 0 Å². The molecule has 8 N–H and O–H groups in total. The standard InChI is InChI=1S/C12H22O11/c13-1-3-5(15)7(17)9(19)11(21-3)23-12-10(20)8(18)6(16)4(2-14)22-12/h3-20H,1-2H2/t3?,4?,5-,6+,7+,8?,9?,10?,11-,12+/m1/s1. The van der Waals surface area contributed by atoms with Gasteiger partial charge in [0.05, 0.1) is 13.2 Å². The first-order chi connectivity index (χ1) is 10.8. The lowest BCUT2D eigenvalue weighted by atomic mass is 9.98. The molecule has 2 rings (SSSR count). The highest BCUT2D eigenvalue weighted by atomic mass is 16.8. The van der Waals surface area contributed by atoms with E-state index in [0.29, 0.717) is 0 Å². The van der Waals surface area contributed by atoms with E-state index in [4.69, 9.17) is 24.4 Å². The van der Waals surface area contributed by atoms with Crippen molar-refractivity contribution in [3.05, 3.63) is 0 Å². The molecule has 0 aromatic heterocycles. The lowest BCUT2D eigenvalue weighted by Gasteiger charge is -2.44. The van der Waals surface area contributed by atoms with E-state index < -0.39 is 74.6 Å². The minimum absolute atomic E-state index is 0.667. The molecule has 2 aliphatic rings. The van der Waals surface area contributed by atoms with Crippen molar-refractivity contribution in [2.75, 3.05) is 13.2 Å². The molecule has 2 aliphatic heterocycles. The Labute approximate surface area is 130 Å². The van der Waals surface area contributed by atoms with E-state index in [1.807, 2.05) is 0 Å². The van der Waals surface area contributed by atoms with Crippen LogP contribution in [0.25, 0.3) is 0 Å². The van der Waals surface area contributed by atoms with Crippen LogP contribution in [0.4, 0.5) is 0 Å². The van der Waals surface area contributed by atoms with Gasteiger partial charge in [-0.15, -0.1) is 0 Å². The van der Waals surface area contributed by atoms with E-state index in [1.54, 1.807) is 0 Å². The fraction of sp³-hybridized carbons (Fsp3) is 1.00. The van der Waals surface area contributed by atoms with Crippen molar-refractivity contribution in [1.82, 2.24) is 0 Å². The van der Waals surface area contributed by atoms with Crippen molar-refractivity contribution in [2.45, 2.75) is 61.4 Å². The summed E-state index contributed by atoms with van der Waals surface area (Å²) in [6.07, 6.45) is -15.6. The van der Waals surface area contributed by atoms with Gasteiger partial charge in [0.15, 0.2) is 12.6 Å². The van der Waals surface area contributed by atoms with Gasteiger partial charge in [-0.1, -0.05) is 0 Å². The van der Waals surface area contributed by atoms with Crippen molar-refractivity contribution in [2.24, 2.45) is 0 Å². The lowest BCUT2D eigenvalue weighted by molar-refractivity contribution is -0.376. The van der Waals surface area contributed by atoms with E-state index in [2.05, 4.69) is 0 Å². The van der Waals surface area contributed by atoms with Gasteiger partial charge in [-0.2, -0.15) is 0 Å². The van der Waals surface area contributed by atoms with Gasteiger partial charge in [0.1, 0.15) is 48.8 Å². The Morgan fingerprint density at radius 3 is 1.22 bits per heavy atom. The van der Waals surface area contributed by atoms with Crippen LogP contribution in [0.2, 0.25) is 0 Å². The molecular formula is C12H22O11. The van der Waals surface area contributed by atoms with Gasteiger partial charge < -0.3 is 55.1 Å². The second-order valence-corrected chi connectivity index (χ2v) is 5.53. The zero-order chi connectivity index (χ0) is 17.3. The third-order valence-electron chi connectivity index (χ3n) is 3.97. The summed E-state index contributed by atoms with van der Waals surface area (Å²) in [6.45, 7) is -1.33. The van der Waals surface area contributed by atoms with E-state index in [-0.39, 0.29) is 0 Å². The summed E-state index contributed by atoms with van der Waals surface area (Å²) in [4.78, 5) is 0. The average Bonchev–Trinajstić information content (AvgIpc) is 2.55. The summed E-state index contributed by atoms with van der Waals surface area (Å²) in [6, 6.07) is 0. The quantitative estimate of drug-likeness (QED) is 0.243. The number of ether oxygens (including phenoxy) is 3. The predicted octanol–water partition coefficient (Wildman–Crippen LogP) is -5.40. The second-order valence-electron chi connectivity index (χ2n) is 5.53. The minimum Gasteiger partial charge on any atom is -0.394 e. The van der Waals surface area contributed by atoms with Gasteiger partial charge in [0.2, 0.25) is 0 Å². The highest BCUT2D eigenvalue weighted by Crippen LogP contribution is 2.27. The Morgan fingerprint density at radius 1 is 0.565 bits per heavy atom. The summed E-state index contributed by atoms with van der Waals surface area (Å²) >= 11 is 0. The summed E-state index contributed by atoms with van der Waals surface area (Å²) in [5.41, 5.74) is 0. The maximum atomic E-state index is 9.84. The van der Waals surface area contributed by atoms with Crippen molar-refractivity contribution >= 4 is 0 Å². The fourth-order valence-corrected chi connectivity index (χ4v) is 2.49. The van der Waals surface area contributed by atoms with Gasteiger partial charge in [-0.3, -0.25) is 0 Å². The fourth-order valence-electron chi connectivity index (χ4n) is 2.49. The van der Waals surface area contributed by atoms with E-state index >= 15 is 0 Å². The summed E-state index contributed by atoms with van der Waals surface area (Å²) in [5, 5.41) is 76.4. The van der Waals surface area contributed by atoms with Gasteiger partial charge in [-0.05, 0) is 0 Å². The Kier molecular flexibility index (Phi) is 6.27. The highest BCUT2D eigenvalue weighted by molar-refractivity contribution is 4.92. The molecule has 23 heavy (non-hydrogen) atoms. The molecular weight excluding hydrogens is 320 g/mol. The SMILES string of the molecule is OCC1O[C@@H](O[C@H]2OC(CO)[C@@H](O)[C@H](O)C2O)C(O)C(O)[C@H]1O. The Hall–Kier alpha value is -0.440. The van der Waals surface area contributed by atoms with Crippen molar-refractivity contribution in [1.29, 1.82) is 0 Å². The Bertz CT molecular complexity index is 344. The van der Waals surface area contributed by atoms with Crippen LogP contribution in [-0.4, -0.2) is 115 Å². The molecule has 2 fully saturated rings. The summed E-state index contributed by atoms with van der Waals surface area (Å²) in [5.74, 6) is 0. The zero-order valence-corrected chi connectivity index (χ0v) is 12.0. The summed E-state index contributed by atoms with van der Waals surface area (Å²) in [7, 11) is 0. The normalized spacial score (nSPS) is 51.7. The highest BCUT2D eigenvalue weighted by Gasteiger charge is 2.49. The maximum Gasteiger partial charge on any atom is 0.189 e. The molecule has 0 radical (unpaired) electrons. The molecule has 2 heterocycles. The van der Waals surface area contributed by atoms with E-state index in [0.717, 1.165) is 0 Å². The first-order valence-electron chi connectivity index (χ1n) is 7.08. The molecule has 0 aromatic carbocycles. The molecule has 2 saturated heterocycles. The van der Waals surface area contributed by atoms with Crippen LogP contribution in [0.15, 0.2) is 0 Å². The van der Waals surface area contributed by atoms with Gasteiger partial charge in [0.25, 0.3) is 0 Å². The van der Waals surface area contributed by atoms with Crippen LogP contribution in [0.5, 0.6) is 0 Å². The minimum atomic E-state index is -1.72. The van der Waals surface area contributed by atoms with Gasteiger partial charge >= 0.3 is 0 Å². The second kappa shape index (κ2) is 7.63. The molecule has 10 atom stereocenters. The van der Waals surface area contributed by atoms with Crippen molar-refractivity contribution < 1.29 is 55.1 Å². The smallest absolute Gasteiger partial charge is 0.189 e. The van der Waals surface area contributed by atoms with E-state index in [1.165, 1.54) is 0 Å². The molecule has 0 amide bonds. The monoisotopic (exact) mass is 342 g/mol. The van der Waals surface area contributed by atoms with Gasteiger partial charge in [-0.25, -0.2) is 0 Å². The first-order valence-corrected chi connectivity index (χ1v) is 7.08. The van der Waals surface area contributed by atoms with Crippen LogP contribution in [0.3, 0.4) is 0 Å². The predicted molar refractivity (Wildman–Crippen MR) is 68.6 cm³/mol.